The van der Waals surface area contributed by atoms with Crippen molar-refractivity contribution in [1.29, 1.82) is 0 Å². The number of fused-ring (bicyclic) bond motifs is 1. The van der Waals surface area contributed by atoms with Crippen LogP contribution in [-0.4, -0.2) is 34.8 Å². The molecule has 0 radical (unpaired) electrons. The number of carbonyl (C=O) groups excluding carboxylic acids is 2. The fourth-order valence-corrected chi connectivity index (χ4v) is 5.91. The van der Waals surface area contributed by atoms with E-state index in [2.05, 4.69) is 57.0 Å². The lowest BCUT2D eigenvalue weighted by atomic mass is 9.98. The number of amides is 2. The largest absolute Gasteiger partial charge is 0.354 e. The Bertz CT molecular complexity index is 1610. The van der Waals surface area contributed by atoms with Gasteiger partial charge in [-0.05, 0) is 85.9 Å². The second-order valence-electron chi connectivity index (χ2n) is 11.2. The molecule has 6 rings (SSSR count). The van der Waals surface area contributed by atoms with Crippen LogP contribution in [0.25, 0.3) is 11.3 Å². The van der Waals surface area contributed by atoms with E-state index in [1.807, 2.05) is 42.5 Å². The lowest BCUT2D eigenvalue weighted by molar-refractivity contribution is -0.110. The zero-order chi connectivity index (χ0) is 29.6. The first-order valence-corrected chi connectivity index (χ1v) is 15.1. The molecule has 7 nitrogen and oxygen atoms in total. The number of nitrogens with zero attached hydrogens (tertiary/aromatic N) is 2. The molecule has 3 heterocycles. The van der Waals surface area contributed by atoms with Gasteiger partial charge >= 0.3 is 0 Å². The molecule has 1 fully saturated rings. The summed E-state index contributed by atoms with van der Waals surface area (Å²) in [4.78, 5) is 33.7. The molecule has 43 heavy (non-hydrogen) atoms. The Morgan fingerprint density at radius 2 is 1.72 bits per heavy atom. The molecule has 2 aliphatic rings. The smallest absolute Gasteiger partial charge is 0.258 e. The number of rotatable bonds is 9. The predicted molar refractivity (Wildman–Crippen MR) is 172 cm³/mol. The third-order valence-corrected chi connectivity index (χ3v) is 8.22. The van der Waals surface area contributed by atoms with Gasteiger partial charge in [0.1, 0.15) is 0 Å². The van der Waals surface area contributed by atoms with Crippen LogP contribution in [0.3, 0.4) is 0 Å². The molecule has 0 spiro atoms. The van der Waals surface area contributed by atoms with Gasteiger partial charge in [-0.1, -0.05) is 55.8 Å². The number of likely N-dealkylation sites (tertiary alicyclic amines) is 1. The van der Waals surface area contributed by atoms with E-state index < -0.39 is 0 Å². The number of piperidine rings is 1. The van der Waals surface area contributed by atoms with E-state index in [0.29, 0.717) is 28.1 Å². The maximum atomic E-state index is 13.5. The number of carbonyl (C=O) groups is 2. The molecule has 0 aliphatic carbocycles. The molecule has 4 aromatic rings. The maximum absolute atomic E-state index is 13.5. The minimum atomic E-state index is -0.226. The van der Waals surface area contributed by atoms with Crippen molar-refractivity contribution in [2.24, 2.45) is 0 Å². The number of aromatic nitrogens is 1. The molecule has 1 atom stereocenters. The van der Waals surface area contributed by atoms with E-state index in [1.54, 1.807) is 30.6 Å². The Hall–Kier alpha value is -4.75. The lowest BCUT2D eigenvalue weighted by Gasteiger charge is -2.26. The van der Waals surface area contributed by atoms with Gasteiger partial charge in [0.15, 0.2) is 0 Å². The highest BCUT2D eigenvalue weighted by Crippen LogP contribution is 2.38. The summed E-state index contributed by atoms with van der Waals surface area (Å²) in [6.45, 7) is 5.30. The molecular formula is C36H37N5O2. The standard InChI is InChI=1S/C36H37N5O2/c1-2-31(26-10-5-3-6-11-26)39-35(42)27-15-18-32-30(22-27)33(36(43)40-32)34(28-12-9-19-37-23-28)38-29-16-13-25(14-17-29)24-41-20-7-4-8-21-41/h3,5-6,9-19,22-23,31,38H,2,4,7-8,20-21,24H2,1H3,(H,39,42)(H,40,43)/t31-/m0/s1. The quantitative estimate of drug-likeness (QED) is 0.191. The summed E-state index contributed by atoms with van der Waals surface area (Å²) in [6.07, 6.45) is 8.07. The lowest BCUT2D eigenvalue weighted by Crippen LogP contribution is -2.29. The number of hydrogen-bond acceptors (Lipinski definition) is 5. The number of benzene rings is 3. The normalized spacial score (nSPS) is 16.6. The van der Waals surface area contributed by atoms with Gasteiger partial charge in [-0.25, -0.2) is 0 Å². The molecule has 0 bridgehead atoms. The Kier molecular flexibility index (Phi) is 8.61. The Morgan fingerprint density at radius 3 is 2.44 bits per heavy atom. The summed E-state index contributed by atoms with van der Waals surface area (Å²) in [5.41, 5.74) is 6.94. The van der Waals surface area contributed by atoms with Crippen LogP contribution in [0.15, 0.2) is 97.3 Å². The molecule has 3 aromatic carbocycles. The highest BCUT2D eigenvalue weighted by Gasteiger charge is 2.30. The van der Waals surface area contributed by atoms with Crippen molar-refractivity contribution in [2.75, 3.05) is 23.7 Å². The monoisotopic (exact) mass is 571 g/mol. The van der Waals surface area contributed by atoms with Crippen molar-refractivity contribution >= 4 is 34.5 Å². The summed E-state index contributed by atoms with van der Waals surface area (Å²) in [5.74, 6) is -0.409. The van der Waals surface area contributed by atoms with Gasteiger partial charge in [0.25, 0.3) is 11.8 Å². The second kappa shape index (κ2) is 13.0. The van der Waals surface area contributed by atoms with E-state index in [9.17, 15) is 9.59 Å². The molecule has 2 amide bonds. The average Bonchev–Trinajstić information content (AvgIpc) is 3.39. The van der Waals surface area contributed by atoms with Gasteiger partial charge in [0.05, 0.1) is 17.3 Å². The number of nitrogens with one attached hydrogen (secondary N) is 3. The molecule has 3 N–H and O–H groups in total. The third-order valence-electron chi connectivity index (χ3n) is 8.22. The van der Waals surface area contributed by atoms with Crippen LogP contribution in [0.4, 0.5) is 11.4 Å². The summed E-state index contributed by atoms with van der Waals surface area (Å²) >= 11 is 0. The summed E-state index contributed by atoms with van der Waals surface area (Å²) in [7, 11) is 0. The van der Waals surface area contributed by atoms with Crippen molar-refractivity contribution in [1.82, 2.24) is 15.2 Å². The minimum absolute atomic E-state index is 0.109. The number of hydrogen-bond donors (Lipinski definition) is 3. The van der Waals surface area contributed by atoms with Gasteiger partial charge in [-0.3, -0.25) is 19.5 Å². The SMILES string of the molecule is CC[C@H](NC(=O)c1ccc2c(c1)C(=C(Nc1ccc(CN3CCCCC3)cc1)c1cccnc1)C(=O)N2)c1ccccc1. The Balaban J connectivity index is 1.31. The van der Waals surface area contributed by atoms with Crippen molar-refractivity contribution in [3.8, 4) is 0 Å². The van der Waals surface area contributed by atoms with Gasteiger partial charge in [0.2, 0.25) is 0 Å². The highest BCUT2D eigenvalue weighted by atomic mass is 16.2. The van der Waals surface area contributed by atoms with Crippen LogP contribution in [0.5, 0.6) is 0 Å². The molecule has 0 unspecified atom stereocenters. The van der Waals surface area contributed by atoms with Crippen molar-refractivity contribution < 1.29 is 9.59 Å². The molecule has 218 valence electrons. The van der Waals surface area contributed by atoms with Crippen LogP contribution in [-0.2, 0) is 11.3 Å². The number of anilines is 2. The van der Waals surface area contributed by atoms with E-state index in [1.165, 1.54) is 24.8 Å². The fraction of sp³-hybridized carbons (Fsp3) is 0.250. The Morgan fingerprint density at radius 1 is 0.930 bits per heavy atom. The maximum Gasteiger partial charge on any atom is 0.258 e. The average molecular weight is 572 g/mol. The van der Waals surface area contributed by atoms with Crippen LogP contribution in [0.2, 0.25) is 0 Å². The number of pyridine rings is 1. The summed E-state index contributed by atoms with van der Waals surface area (Å²) in [6, 6.07) is 27.4. The van der Waals surface area contributed by atoms with E-state index in [0.717, 1.165) is 42.9 Å². The second-order valence-corrected chi connectivity index (χ2v) is 11.2. The minimum Gasteiger partial charge on any atom is -0.354 e. The molecular weight excluding hydrogens is 534 g/mol. The zero-order valence-electron chi connectivity index (χ0n) is 24.5. The van der Waals surface area contributed by atoms with E-state index in [-0.39, 0.29) is 17.9 Å². The van der Waals surface area contributed by atoms with Crippen LogP contribution < -0.4 is 16.0 Å². The first-order chi connectivity index (χ1) is 21.1. The van der Waals surface area contributed by atoms with E-state index in [4.69, 9.17) is 0 Å². The van der Waals surface area contributed by atoms with E-state index >= 15 is 0 Å². The van der Waals surface area contributed by atoms with Gasteiger partial charge < -0.3 is 16.0 Å². The zero-order valence-corrected chi connectivity index (χ0v) is 24.5. The molecule has 2 aliphatic heterocycles. The first kappa shape index (κ1) is 28.4. The highest BCUT2D eigenvalue weighted by molar-refractivity contribution is 6.37. The summed E-state index contributed by atoms with van der Waals surface area (Å²) < 4.78 is 0. The van der Waals surface area contributed by atoms with Gasteiger partial charge in [-0.2, -0.15) is 0 Å². The Labute approximate surface area is 253 Å². The predicted octanol–water partition coefficient (Wildman–Crippen LogP) is 6.88. The summed E-state index contributed by atoms with van der Waals surface area (Å²) in [5, 5.41) is 9.67. The molecule has 0 saturated carbocycles. The topological polar surface area (TPSA) is 86.4 Å². The van der Waals surface area contributed by atoms with Gasteiger partial charge in [-0.15, -0.1) is 0 Å². The van der Waals surface area contributed by atoms with Crippen LogP contribution >= 0.6 is 0 Å². The van der Waals surface area contributed by atoms with Crippen molar-refractivity contribution in [3.63, 3.8) is 0 Å². The molecule has 1 saturated heterocycles. The first-order valence-electron chi connectivity index (χ1n) is 15.1. The van der Waals surface area contributed by atoms with Crippen LogP contribution in [0.1, 0.15) is 71.3 Å². The van der Waals surface area contributed by atoms with Crippen molar-refractivity contribution in [2.45, 2.75) is 45.2 Å². The molecule has 1 aromatic heterocycles. The third kappa shape index (κ3) is 6.52. The fourth-order valence-electron chi connectivity index (χ4n) is 5.91. The van der Waals surface area contributed by atoms with Gasteiger partial charge in [0, 0.05) is 47.0 Å². The molecule has 7 heteroatoms. The van der Waals surface area contributed by atoms with Crippen molar-refractivity contribution in [3.05, 3.63) is 125 Å². The van der Waals surface area contributed by atoms with Crippen LogP contribution in [0, 0.1) is 0 Å².